The zero-order chi connectivity index (χ0) is 101. The van der Waals surface area contributed by atoms with Crippen molar-refractivity contribution in [3.05, 3.63) is 208 Å². The molecular formula is C92H116Cl4N8O36. The molecule has 24 atom stereocenters. The van der Waals surface area contributed by atoms with E-state index in [0.29, 0.717) is 22.3 Å². The van der Waals surface area contributed by atoms with E-state index in [-0.39, 0.29) is 119 Å². The molecule has 4 aromatic carbocycles. The Bertz CT molecular complexity index is 5330. The number of aromatic hydroxyl groups is 4. The predicted molar refractivity (Wildman–Crippen MR) is 501 cm³/mol. The Morgan fingerprint density at radius 3 is 0.579 bits per heavy atom. The monoisotopic (exact) mass is 2050 g/mol. The summed E-state index contributed by atoms with van der Waals surface area (Å²) in [5.41, 5.74) is 5.45. The Balaban J connectivity index is 0.000000318. The van der Waals surface area contributed by atoms with Crippen LogP contribution < -0.4 is 22.9 Å². The summed E-state index contributed by atoms with van der Waals surface area (Å²) in [4.78, 5) is 159. The fourth-order valence-corrected chi connectivity index (χ4v) is 22.3. The lowest BCUT2D eigenvalue weighted by Crippen LogP contribution is -2.68. The molecule has 12 aliphatic carbocycles. The number of primary amides is 4. The molecule has 0 aliphatic heterocycles. The zero-order valence-electron chi connectivity index (χ0n) is 77.4. The van der Waals surface area contributed by atoms with Gasteiger partial charge in [-0.1, -0.05) is 76.2 Å². The van der Waals surface area contributed by atoms with Gasteiger partial charge in [0.25, 0.3) is 23.6 Å². The maximum atomic E-state index is 13.3. The number of halogens is 4. The second kappa shape index (κ2) is 42.5. The highest BCUT2D eigenvalue weighted by molar-refractivity contribution is 6.28. The number of nitrogens with two attached hydrogens (primary N) is 4. The predicted octanol–water partition coefficient (Wildman–Crippen LogP) is -1.36. The molecule has 48 heteroatoms. The van der Waals surface area contributed by atoms with Gasteiger partial charge in [-0.2, -0.15) is 0 Å². The van der Waals surface area contributed by atoms with Crippen LogP contribution in [0.25, 0.3) is 0 Å². The van der Waals surface area contributed by atoms with Gasteiger partial charge in [0.05, 0.1) is 94.5 Å². The van der Waals surface area contributed by atoms with Crippen LogP contribution >= 0.6 is 49.6 Å². The molecule has 0 bridgehead atoms. The Morgan fingerprint density at radius 1 is 0.307 bits per heavy atom. The van der Waals surface area contributed by atoms with Crippen molar-refractivity contribution in [2.45, 2.75) is 136 Å². The van der Waals surface area contributed by atoms with Crippen LogP contribution in [-0.4, -0.2) is 353 Å². The number of nitrogens with zero attached hydrogens (tertiary/aromatic N) is 4. The minimum Gasteiger partial charge on any atom is -0.510 e. The average Bonchev–Trinajstić information content (AvgIpc) is 0.700. The van der Waals surface area contributed by atoms with Crippen molar-refractivity contribution < 1.29 is 181 Å². The summed E-state index contributed by atoms with van der Waals surface area (Å²) in [7, 11) is 11.9. The summed E-state index contributed by atoms with van der Waals surface area (Å²) in [5.74, 6) is -35.4. The Kier molecular flexibility index (Phi) is 36.0. The second-order valence-corrected chi connectivity index (χ2v) is 35.8. The van der Waals surface area contributed by atoms with Crippen molar-refractivity contribution in [2.24, 2.45) is 70.3 Å². The molecule has 768 valence electrons. The summed E-state index contributed by atoms with van der Waals surface area (Å²) in [5, 5.41) is 235. The molecule has 0 heterocycles. The number of aliphatic hydroxyl groups is 18. The van der Waals surface area contributed by atoms with Crippen molar-refractivity contribution in [3.8, 4) is 23.0 Å². The zero-order valence-corrected chi connectivity index (χ0v) is 80.6. The number of amides is 4. The van der Waals surface area contributed by atoms with E-state index in [1.165, 1.54) is 100 Å². The minimum absolute atomic E-state index is 0. The summed E-state index contributed by atoms with van der Waals surface area (Å²) < 4.78 is 0. The minimum atomic E-state index is -2.89. The second-order valence-electron chi connectivity index (χ2n) is 35.8. The summed E-state index contributed by atoms with van der Waals surface area (Å²) in [6, 6.07) is 12.7. The Labute approximate surface area is 822 Å². The van der Waals surface area contributed by atoms with Crippen molar-refractivity contribution in [1.82, 2.24) is 19.6 Å². The number of fused-ring (bicyclic) bond motifs is 12. The molecule has 34 N–H and O–H groups in total. The van der Waals surface area contributed by atoms with E-state index in [0.717, 1.165) is 0 Å². The standard InChI is InChI=1S/4C22H24N2O8.2C2H6O.4ClH.2H2O/c4*1-7-8-5-4-6-9(25)11(8)16(26)12-10(7)17(27)14-15(24(2)3)18(28)13(21(23)31)20(30)22(14,32)19(12)29;2*1-2-3;;;;;;/h4*4-7,10,14-15,17,25,27-29,32H,1-3H3,(H2,23,31);2*3H,2H2,1H3;4*1H;2*1H2/t4*7-,10+,14+,15-,17-,22-;;;;;;;;/m0000......../s1. The molecular weight excluding hydrogens is 1930 g/mol. The molecule has 4 amide bonds. The number of carbonyl (C=O) groups excluding carboxylic acids is 12. The van der Waals surface area contributed by atoms with Gasteiger partial charge in [0.15, 0.2) is 45.5 Å². The number of benzene rings is 4. The van der Waals surface area contributed by atoms with E-state index in [9.17, 15) is 160 Å². The summed E-state index contributed by atoms with van der Waals surface area (Å²) in [6.45, 7) is 10.6. The van der Waals surface area contributed by atoms with Gasteiger partial charge in [0.1, 0.15) is 91.4 Å². The fourth-order valence-electron chi connectivity index (χ4n) is 22.3. The molecule has 12 aliphatic rings. The van der Waals surface area contributed by atoms with Gasteiger partial charge in [0.2, 0.25) is 23.1 Å². The molecule has 0 radical (unpaired) electrons. The fraction of sp³-hybridized carbons (Fsp3) is 0.435. The van der Waals surface area contributed by atoms with E-state index < -0.39 is 303 Å². The van der Waals surface area contributed by atoms with Gasteiger partial charge < -0.3 is 146 Å². The van der Waals surface area contributed by atoms with Crippen molar-refractivity contribution in [1.29, 1.82) is 0 Å². The molecule has 4 aromatic rings. The number of aliphatic hydroxyl groups excluding tert-OH is 14. The van der Waals surface area contributed by atoms with Gasteiger partial charge in [-0.25, -0.2) is 0 Å². The first-order valence-electron chi connectivity index (χ1n) is 42.1. The smallest absolute Gasteiger partial charge is 0.255 e. The number of Topliss-reactive ketones (excluding diaryl/α,β-unsaturated/α-hetero) is 8. The molecule has 0 aromatic heterocycles. The normalized spacial score (nSPS) is 31.7. The molecule has 44 nitrogen and oxygen atoms in total. The first kappa shape index (κ1) is 119. The topological polar surface area (TPSA) is 830 Å². The molecule has 0 fully saturated rings. The van der Waals surface area contributed by atoms with E-state index in [4.69, 9.17) is 33.1 Å². The Morgan fingerprint density at radius 2 is 0.450 bits per heavy atom. The summed E-state index contributed by atoms with van der Waals surface area (Å²) in [6.07, 6.45) is -6.36. The first-order valence-corrected chi connectivity index (χ1v) is 42.1. The van der Waals surface area contributed by atoms with Crippen LogP contribution in [0.5, 0.6) is 23.0 Å². The first-order chi connectivity index (χ1) is 62.3. The molecule has 0 saturated heterocycles. The number of ketones is 8. The maximum Gasteiger partial charge on any atom is 0.255 e. The number of hydrogen-bond acceptors (Lipinski definition) is 38. The van der Waals surface area contributed by atoms with Crippen LogP contribution in [0.15, 0.2) is 163 Å². The van der Waals surface area contributed by atoms with Crippen LogP contribution in [-0.2, 0) is 38.4 Å². The van der Waals surface area contributed by atoms with Crippen LogP contribution in [0.1, 0.15) is 129 Å². The highest BCUT2D eigenvalue weighted by atomic mass is 35.5. The molecule has 16 rings (SSSR count). The highest BCUT2D eigenvalue weighted by Gasteiger charge is 2.73. The van der Waals surface area contributed by atoms with Gasteiger partial charge in [0, 0.05) is 59.2 Å². The molecule has 0 unspecified atom stereocenters. The third-order valence-corrected chi connectivity index (χ3v) is 28.0. The van der Waals surface area contributed by atoms with Gasteiger partial charge in [-0.05, 0) is 140 Å². The van der Waals surface area contributed by atoms with E-state index in [1.807, 2.05) is 0 Å². The molecule has 140 heavy (non-hydrogen) atoms. The number of phenols is 4. The molecule has 0 spiro atoms. The lowest BCUT2D eigenvalue weighted by atomic mass is 9.55. The van der Waals surface area contributed by atoms with Crippen LogP contribution in [0.2, 0.25) is 0 Å². The number of hydrogen-bond donors (Lipinski definition) is 26. The SMILES string of the molecule is CCO.CCO.C[C@H]1c2cccc(O)c2C(=O)C2=C(O)[C@]3(O)C(=O)C(C(N)=O)=C(O)[C@@H](N(C)C)[C@@H]3[C@@H](O)[C@@H]21.C[C@H]1c2cccc(O)c2C(=O)C2=C(O)[C@]3(O)C(=O)C(C(N)=O)=C(O)[C@@H](N(C)C)[C@@H]3[C@@H](O)[C@@H]21.C[C@H]1c2cccc(O)c2C(=O)C2=C(O)[C@]3(O)C(=O)C(C(N)=O)=C(O)[C@@H](N(C)C)[C@@H]3[C@@H](O)[C@@H]21.C[C@H]1c2cccc(O)c2C(=O)C2=C(O)[C@]3(O)C(=O)C(C(N)=O)=C(O)[C@@H](N(C)C)[C@@H]3[C@@H](O)[C@@H]21.Cl.Cl.Cl.Cl.O.O. The quantitative estimate of drug-likeness (QED) is 0.0907. The van der Waals surface area contributed by atoms with Crippen molar-refractivity contribution in [3.63, 3.8) is 0 Å². The highest BCUT2D eigenvalue weighted by Crippen LogP contribution is 2.62. The maximum absolute atomic E-state index is 13.3. The molecule has 0 saturated carbocycles. The average molecular weight is 2050 g/mol. The van der Waals surface area contributed by atoms with Crippen LogP contribution in [0.3, 0.4) is 0 Å². The van der Waals surface area contributed by atoms with Gasteiger partial charge in [-0.15, -0.1) is 49.6 Å². The van der Waals surface area contributed by atoms with Crippen LogP contribution in [0.4, 0.5) is 0 Å². The van der Waals surface area contributed by atoms with Crippen molar-refractivity contribution >= 4 is 120 Å². The largest absolute Gasteiger partial charge is 0.510 e. The number of phenolic OH excluding ortho intramolecular Hbond substituents is 4. The lowest BCUT2D eigenvalue weighted by molar-refractivity contribution is -0.162. The Hall–Kier alpha value is -11.8. The number of likely N-dealkylation sites (N-methyl/N-ethyl adjacent to an activating group) is 4. The van der Waals surface area contributed by atoms with Crippen molar-refractivity contribution in [2.75, 3.05) is 69.6 Å². The number of carbonyl (C=O) groups is 12. The van der Waals surface area contributed by atoms with E-state index in [1.54, 1.807) is 90.1 Å². The van der Waals surface area contributed by atoms with E-state index >= 15 is 0 Å². The lowest BCUT2D eigenvalue weighted by Gasteiger charge is -2.53. The van der Waals surface area contributed by atoms with Crippen LogP contribution in [0, 0.1) is 47.3 Å². The van der Waals surface area contributed by atoms with Gasteiger partial charge >= 0.3 is 0 Å². The third kappa shape index (κ3) is 17.1. The van der Waals surface area contributed by atoms with E-state index in [2.05, 4.69) is 0 Å². The summed E-state index contributed by atoms with van der Waals surface area (Å²) >= 11 is 0. The third-order valence-electron chi connectivity index (χ3n) is 28.0. The number of rotatable bonds is 8. The van der Waals surface area contributed by atoms with Gasteiger partial charge in [-0.3, -0.25) is 77.1 Å².